The number of fused-ring (bicyclic) bond motifs is 1. The number of hydrogen-bond donors (Lipinski definition) is 1. The molecule has 1 N–H and O–H groups in total. The van der Waals surface area contributed by atoms with Crippen molar-refractivity contribution >= 4 is 34.1 Å². The van der Waals surface area contributed by atoms with E-state index < -0.39 is 0 Å². The summed E-state index contributed by atoms with van der Waals surface area (Å²) in [4.78, 5) is 17.9. The van der Waals surface area contributed by atoms with Gasteiger partial charge in [0.1, 0.15) is 0 Å². The fourth-order valence-corrected chi connectivity index (χ4v) is 3.07. The van der Waals surface area contributed by atoms with Crippen molar-refractivity contribution in [3.8, 4) is 5.69 Å². The molecular formula is C21H16ClN3O. The van der Waals surface area contributed by atoms with Gasteiger partial charge in [0.25, 0.3) is 5.56 Å². The highest BCUT2D eigenvalue weighted by Crippen LogP contribution is 2.25. The van der Waals surface area contributed by atoms with Gasteiger partial charge in [0.2, 0.25) is 5.95 Å². The molecule has 0 radical (unpaired) electrons. The van der Waals surface area contributed by atoms with Crippen LogP contribution in [0, 0.1) is 6.92 Å². The van der Waals surface area contributed by atoms with Crippen molar-refractivity contribution in [1.82, 2.24) is 9.55 Å². The lowest BCUT2D eigenvalue weighted by Gasteiger charge is -2.15. The van der Waals surface area contributed by atoms with Crippen LogP contribution in [-0.2, 0) is 0 Å². The van der Waals surface area contributed by atoms with Gasteiger partial charge in [-0.2, -0.15) is 0 Å². The number of aromatic nitrogens is 2. The maximum Gasteiger partial charge on any atom is 0.267 e. The topological polar surface area (TPSA) is 46.9 Å². The van der Waals surface area contributed by atoms with Gasteiger partial charge in [-0.1, -0.05) is 53.6 Å². The van der Waals surface area contributed by atoms with Crippen LogP contribution in [0.3, 0.4) is 0 Å². The molecule has 4 aromatic rings. The van der Waals surface area contributed by atoms with E-state index in [9.17, 15) is 4.79 Å². The molecule has 0 aliphatic heterocycles. The normalized spacial score (nSPS) is 10.8. The Hall–Kier alpha value is -3.11. The lowest BCUT2D eigenvalue weighted by Crippen LogP contribution is -2.22. The largest absolute Gasteiger partial charge is 0.324 e. The van der Waals surface area contributed by atoms with Gasteiger partial charge in [-0.05, 0) is 43.3 Å². The van der Waals surface area contributed by atoms with Crippen LogP contribution >= 0.6 is 11.6 Å². The summed E-state index contributed by atoms with van der Waals surface area (Å²) in [6.07, 6.45) is 0. The minimum absolute atomic E-state index is 0.126. The molecule has 5 heteroatoms. The molecule has 0 amide bonds. The highest BCUT2D eigenvalue weighted by Gasteiger charge is 2.14. The molecule has 0 saturated heterocycles. The van der Waals surface area contributed by atoms with Gasteiger partial charge in [0.15, 0.2) is 0 Å². The molecule has 0 unspecified atom stereocenters. The Kier molecular flexibility index (Phi) is 4.19. The molecule has 0 aliphatic carbocycles. The molecule has 0 aliphatic rings. The number of aryl methyl sites for hydroxylation is 1. The van der Waals surface area contributed by atoms with Crippen molar-refractivity contribution in [1.29, 1.82) is 0 Å². The van der Waals surface area contributed by atoms with Crippen LogP contribution in [0.2, 0.25) is 5.02 Å². The van der Waals surface area contributed by atoms with Crippen molar-refractivity contribution in [2.75, 3.05) is 5.32 Å². The third-order valence-corrected chi connectivity index (χ3v) is 4.49. The summed E-state index contributed by atoms with van der Waals surface area (Å²) < 4.78 is 1.57. The Morgan fingerprint density at radius 3 is 2.46 bits per heavy atom. The number of nitrogens with one attached hydrogen (secondary N) is 1. The van der Waals surface area contributed by atoms with Crippen molar-refractivity contribution in [2.24, 2.45) is 0 Å². The quantitative estimate of drug-likeness (QED) is 0.552. The summed E-state index contributed by atoms with van der Waals surface area (Å²) in [5, 5.41) is 4.35. The SMILES string of the molecule is Cc1ccc2nc(Nc3ccccc3Cl)n(-c3ccccc3)c(=O)c2c1. The summed E-state index contributed by atoms with van der Waals surface area (Å²) in [7, 11) is 0. The first-order valence-corrected chi connectivity index (χ1v) is 8.62. The van der Waals surface area contributed by atoms with Crippen LogP contribution in [0.4, 0.5) is 11.6 Å². The van der Waals surface area contributed by atoms with Gasteiger partial charge < -0.3 is 5.32 Å². The van der Waals surface area contributed by atoms with Crippen molar-refractivity contribution in [3.63, 3.8) is 0 Å². The molecule has 128 valence electrons. The van der Waals surface area contributed by atoms with E-state index in [0.29, 0.717) is 27.6 Å². The Morgan fingerprint density at radius 1 is 0.962 bits per heavy atom. The summed E-state index contributed by atoms with van der Waals surface area (Å²) in [6, 6.07) is 22.5. The number of nitrogens with zero attached hydrogens (tertiary/aromatic N) is 2. The number of para-hydroxylation sites is 2. The molecule has 4 nitrogen and oxygen atoms in total. The average Bonchev–Trinajstić information content (AvgIpc) is 2.65. The number of benzene rings is 3. The van der Waals surface area contributed by atoms with E-state index in [1.807, 2.05) is 73.7 Å². The predicted octanol–water partition coefficient (Wildman–Crippen LogP) is 5.09. The molecule has 0 fully saturated rings. The lowest BCUT2D eigenvalue weighted by atomic mass is 10.1. The maximum absolute atomic E-state index is 13.2. The molecule has 0 atom stereocenters. The average molecular weight is 362 g/mol. The molecule has 4 rings (SSSR count). The summed E-state index contributed by atoms with van der Waals surface area (Å²) in [5.74, 6) is 0.422. The molecule has 26 heavy (non-hydrogen) atoms. The van der Waals surface area contributed by atoms with Gasteiger partial charge in [-0.3, -0.25) is 4.79 Å². The van der Waals surface area contributed by atoms with E-state index in [-0.39, 0.29) is 5.56 Å². The van der Waals surface area contributed by atoms with Crippen LogP contribution in [0.15, 0.2) is 77.6 Å². The molecule has 0 bridgehead atoms. The van der Waals surface area contributed by atoms with E-state index >= 15 is 0 Å². The van der Waals surface area contributed by atoms with Gasteiger partial charge in [0.05, 0.1) is 27.3 Å². The minimum atomic E-state index is -0.126. The molecule has 3 aromatic carbocycles. The monoisotopic (exact) mass is 361 g/mol. The number of anilines is 2. The highest BCUT2D eigenvalue weighted by atomic mass is 35.5. The fourth-order valence-electron chi connectivity index (χ4n) is 2.88. The van der Waals surface area contributed by atoms with Crippen molar-refractivity contribution in [2.45, 2.75) is 6.92 Å². The maximum atomic E-state index is 13.2. The van der Waals surface area contributed by atoms with E-state index in [2.05, 4.69) is 10.3 Å². The van der Waals surface area contributed by atoms with Crippen molar-refractivity contribution < 1.29 is 0 Å². The molecule has 1 heterocycles. The molecule has 0 spiro atoms. The molecule has 0 saturated carbocycles. The molecular weight excluding hydrogens is 346 g/mol. The Bertz CT molecular complexity index is 1150. The Labute approximate surface area is 155 Å². The number of halogens is 1. The first kappa shape index (κ1) is 16.4. The predicted molar refractivity (Wildman–Crippen MR) is 107 cm³/mol. The zero-order chi connectivity index (χ0) is 18.1. The van der Waals surface area contributed by atoms with E-state index in [1.165, 1.54) is 0 Å². The first-order chi connectivity index (χ1) is 12.6. The standard InChI is InChI=1S/C21H16ClN3O/c1-14-11-12-18-16(13-14)20(26)25(15-7-3-2-4-8-15)21(23-18)24-19-10-6-5-9-17(19)22/h2-13H,1H3,(H,23,24). The van der Waals surface area contributed by atoms with E-state index in [1.54, 1.807) is 10.6 Å². The van der Waals surface area contributed by atoms with Gasteiger partial charge in [0, 0.05) is 0 Å². The Balaban J connectivity index is 2.00. The first-order valence-electron chi connectivity index (χ1n) is 8.24. The van der Waals surface area contributed by atoms with Crippen LogP contribution in [-0.4, -0.2) is 9.55 Å². The van der Waals surface area contributed by atoms with E-state index in [4.69, 9.17) is 11.6 Å². The van der Waals surface area contributed by atoms with Gasteiger partial charge >= 0.3 is 0 Å². The van der Waals surface area contributed by atoms with Crippen LogP contribution in [0.1, 0.15) is 5.56 Å². The Morgan fingerprint density at radius 2 is 1.69 bits per heavy atom. The smallest absolute Gasteiger partial charge is 0.267 e. The third-order valence-electron chi connectivity index (χ3n) is 4.16. The van der Waals surface area contributed by atoms with Gasteiger partial charge in [-0.15, -0.1) is 0 Å². The zero-order valence-corrected chi connectivity index (χ0v) is 14.9. The number of hydrogen-bond acceptors (Lipinski definition) is 3. The third kappa shape index (κ3) is 2.95. The number of rotatable bonds is 3. The lowest BCUT2D eigenvalue weighted by molar-refractivity contribution is 0.974. The minimum Gasteiger partial charge on any atom is -0.324 e. The molecule has 1 aromatic heterocycles. The van der Waals surface area contributed by atoms with Gasteiger partial charge in [-0.25, -0.2) is 9.55 Å². The summed E-state index contributed by atoms with van der Waals surface area (Å²) in [5.41, 5.74) is 2.96. The second-order valence-corrected chi connectivity index (χ2v) is 6.44. The second-order valence-electron chi connectivity index (χ2n) is 6.04. The van der Waals surface area contributed by atoms with Crippen molar-refractivity contribution in [3.05, 3.63) is 93.7 Å². The summed E-state index contributed by atoms with van der Waals surface area (Å²) in [6.45, 7) is 1.96. The summed E-state index contributed by atoms with van der Waals surface area (Å²) >= 11 is 6.27. The second kappa shape index (κ2) is 6.65. The van der Waals surface area contributed by atoms with Crippen LogP contribution < -0.4 is 10.9 Å². The van der Waals surface area contributed by atoms with Crippen LogP contribution in [0.25, 0.3) is 16.6 Å². The highest BCUT2D eigenvalue weighted by molar-refractivity contribution is 6.33. The zero-order valence-electron chi connectivity index (χ0n) is 14.1. The van der Waals surface area contributed by atoms with E-state index in [0.717, 1.165) is 11.3 Å². The fraction of sp³-hybridized carbons (Fsp3) is 0.0476. The van der Waals surface area contributed by atoms with Crippen LogP contribution in [0.5, 0.6) is 0 Å².